The molecule has 3 aromatic rings. The van der Waals surface area contributed by atoms with E-state index < -0.39 is 18.0 Å². The number of carbonyl (C=O) groups excluding carboxylic acids is 2. The van der Waals surface area contributed by atoms with E-state index in [-0.39, 0.29) is 0 Å². The van der Waals surface area contributed by atoms with Crippen LogP contribution in [0.4, 0.5) is 0 Å². The molecule has 0 aliphatic rings. The van der Waals surface area contributed by atoms with E-state index in [2.05, 4.69) is 10.3 Å². The number of nitrogens with zero attached hydrogens (tertiary/aromatic N) is 1. The van der Waals surface area contributed by atoms with E-state index in [0.29, 0.717) is 17.0 Å². The molecule has 1 N–H and O–H groups in total. The fourth-order valence-corrected chi connectivity index (χ4v) is 2.99. The van der Waals surface area contributed by atoms with Gasteiger partial charge in [-0.25, -0.2) is 4.79 Å². The summed E-state index contributed by atoms with van der Waals surface area (Å²) >= 11 is 1.26. The Morgan fingerprint density at radius 2 is 1.96 bits per heavy atom. The van der Waals surface area contributed by atoms with Gasteiger partial charge in [-0.3, -0.25) is 9.78 Å². The first-order valence-corrected chi connectivity index (χ1v) is 9.10. The molecule has 1 amide bonds. The molecule has 0 unspecified atom stereocenters. The summed E-state index contributed by atoms with van der Waals surface area (Å²) < 4.78 is 10.6. The van der Waals surface area contributed by atoms with Gasteiger partial charge in [-0.2, -0.15) is 0 Å². The molecular formula is C20H18N2O4S. The second kappa shape index (κ2) is 8.95. The van der Waals surface area contributed by atoms with E-state index in [1.54, 1.807) is 43.0 Å². The quantitative estimate of drug-likeness (QED) is 0.634. The molecule has 1 aromatic carbocycles. The summed E-state index contributed by atoms with van der Waals surface area (Å²) in [5.41, 5.74) is 1.41. The predicted octanol–water partition coefficient (Wildman–Crippen LogP) is 3.37. The van der Waals surface area contributed by atoms with Gasteiger partial charge in [0.05, 0.1) is 7.11 Å². The summed E-state index contributed by atoms with van der Waals surface area (Å²) in [6.45, 7) is 0.302. The minimum Gasteiger partial charge on any atom is -0.497 e. The first kappa shape index (κ1) is 18.6. The summed E-state index contributed by atoms with van der Waals surface area (Å²) in [6.07, 6.45) is 2.03. The van der Waals surface area contributed by atoms with Crippen molar-refractivity contribution in [1.82, 2.24) is 10.3 Å². The molecule has 2 heterocycles. The number of benzene rings is 1. The van der Waals surface area contributed by atoms with Crippen molar-refractivity contribution in [3.05, 3.63) is 82.3 Å². The molecule has 0 radical (unpaired) electrons. The molecule has 27 heavy (non-hydrogen) atoms. The Hall–Kier alpha value is -3.19. The molecule has 3 rings (SSSR count). The topological polar surface area (TPSA) is 77.5 Å². The fraction of sp³-hybridized carbons (Fsp3) is 0.150. The third kappa shape index (κ3) is 4.92. The number of pyridine rings is 1. The number of ether oxygens (including phenoxy) is 2. The number of carbonyl (C=O) groups is 2. The average molecular weight is 382 g/mol. The summed E-state index contributed by atoms with van der Waals surface area (Å²) in [6, 6.07) is 14.1. The lowest BCUT2D eigenvalue weighted by Gasteiger charge is -2.17. The lowest BCUT2D eigenvalue weighted by atomic mass is 10.1. The van der Waals surface area contributed by atoms with Crippen LogP contribution in [0.1, 0.15) is 26.9 Å². The lowest BCUT2D eigenvalue weighted by molar-refractivity contribution is -0.130. The van der Waals surface area contributed by atoms with E-state index >= 15 is 0 Å². The molecular weight excluding hydrogens is 364 g/mol. The van der Waals surface area contributed by atoms with Crippen LogP contribution in [0.25, 0.3) is 0 Å². The maximum atomic E-state index is 12.7. The van der Waals surface area contributed by atoms with E-state index in [0.717, 1.165) is 11.3 Å². The highest BCUT2D eigenvalue weighted by molar-refractivity contribution is 7.11. The zero-order chi connectivity index (χ0) is 19.1. The highest BCUT2D eigenvalue weighted by atomic mass is 32.1. The molecule has 7 heteroatoms. The van der Waals surface area contributed by atoms with Crippen molar-refractivity contribution in [2.24, 2.45) is 0 Å². The van der Waals surface area contributed by atoms with Crippen molar-refractivity contribution in [2.45, 2.75) is 12.6 Å². The number of hydrogen-bond acceptors (Lipinski definition) is 6. The number of amides is 1. The zero-order valence-electron chi connectivity index (χ0n) is 14.6. The number of thiophene rings is 1. The van der Waals surface area contributed by atoms with Gasteiger partial charge in [0.25, 0.3) is 5.91 Å². The van der Waals surface area contributed by atoms with Gasteiger partial charge in [-0.05, 0) is 35.2 Å². The second-order valence-corrected chi connectivity index (χ2v) is 6.56. The van der Waals surface area contributed by atoms with Gasteiger partial charge in [-0.1, -0.05) is 24.3 Å². The fourth-order valence-electron chi connectivity index (χ4n) is 2.39. The van der Waals surface area contributed by atoms with E-state index in [9.17, 15) is 9.59 Å². The number of aromatic nitrogens is 1. The summed E-state index contributed by atoms with van der Waals surface area (Å²) in [5, 5.41) is 4.58. The van der Waals surface area contributed by atoms with Crippen LogP contribution in [0.2, 0.25) is 0 Å². The van der Waals surface area contributed by atoms with Crippen LogP contribution in [-0.2, 0) is 16.1 Å². The molecule has 0 aliphatic heterocycles. The zero-order valence-corrected chi connectivity index (χ0v) is 15.4. The average Bonchev–Trinajstić information content (AvgIpc) is 3.26. The summed E-state index contributed by atoms with van der Waals surface area (Å²) in [7, 11) is 1.59. The number of esters is 1. The molecule has 2 aromatic heterocycles. The van der Waals surface area contributed by atoms with Crippen molar-refractivity contribution in [1.29, 1.82) is 0 Å². The number of nitrogens with one attached hydrogen (secondary N) is 1. The van der Waals surface area contributed by atoms with Crippen LogP contribution < -0.4 is 10.1 Å². The van der Waals surface area contributed by atoms with Crippen molar-refractivity contribution in [3.8, 4) is 5.75 Å². The SMILES string of the molecule is COc1ccc(CNC(=O)[C@@H](OC(=O)c2cccs2)c2cccnc2)cc1. The Morgan fingerprint density at radius 1 is 1.15 bits per heavy atom. The van der Waals surface area contributed by atoms with Gasteiger partial charge in [0.15, 0.2) is 0 Å². The largest absolute Gasteiger partial charge is 0.497 e. The molecule has 0 saturated heterocycles. The van der Waals surface area contributed by atoms with Gasteiger partial charge in [0.2, 0.25) is 6.10 Å². The molecule has 0 saturated carbocycles. The van der Waals surface area contributed by atoms with Gasteiger partial charge in [0, 0.05) is 24.5 Å². The number of rotatable bonds is 7. The Morgan fingerprint density at radius 3 is 2.59 bits per heavy atom. The van der Waals surface area contributed by atoms with Crippen molar-refractivity contribution in [2.75, 3.05) is 7.11 Å². The van der Waals surface area contributed by atoms with Crippen LogP contribution in [-0.4, -0.2) is 24.0 Å². The molecule has 0 spiro atoms. The van der Waals surface area contributed by atoms with E-state index in [4.69, 9.17) is 9.47 Å². The molecule has 0 bridgehead atoms. The molecule has 1 atom stereocenters. The van der Waals surface area contributed by atoms with Crippen LogP contribution in [0, 0.1) is 0 Å². The van der Waals surface area contributed by atoms with Crippen LogP contribution in [0.3, 0.4) is 0 Å². The number of hydrogen-bond donors (Lipinski definition) is 1. The minimum atomic E-state index is -1.08. The van der Waals surface area contributed by atoms with Gasteiger partial charge >= 0.3 is 5.97 Å². The maximum Gasteiger partial charge on any atom is 0.349 e. The second-order valence-electron chi connectivity index (χ2n) is 5.61. The van der Waals surface area contributed by atoms with Crippen LogP contribution in [0.5, 0.6) is 5.75 Å². The first-order valence-electron chi connectivity index (χ1n) is 8.22. The highest BCUT2D eigenvalue weighted by Crippen LogP contribution is 2.21. The lowest BCUT2D eigenvalue weighted by Crippen LogP contribution is -2.31. The Balaban J connectivity index is 1.71. The van der Waals surface area contributed by atoms with E-state index in [1.807, 2.05) is 24.3 Å². The third-order valence-electron chi connectivity index (χ3n) is 3.80. The standard InChI is InChI=1S/C20H18N2O4S/c1-25-16-8-6-14(7-9-16)12-22-19(23)18(15-4-2-10-21-13-15)26-20(24)17-5-3-11-27-17/h2-11,13,18H,12H2,1H3,(H,22,23)/t18-/m0/s1. The normalized spacial score (nSPS) is 11.4. The third-order valence-corrected chi connectivity index (χ3v) is 4.65. The molecule has 6 nitrogen and oxygen atoms in total. The maximum absolute atomic E-state index is 12.7. The predicted molar refractivity (Wildman–Crippen MR) is 102 cm³/mol. The van der Waals surface area contributed by atoms with Gasteiger partial charge in [0.1, 0.15) is 10.6 Å². The van der Waals surface area contributed by atoms with Crippen molar-refractivity contribution < 1.29 is 19.1 Å². The molecule has 138 valence electrons. The van der Waals surface area contributed by atoms with Crippen molar-refractivity contribution >= 4 is 23.2 Å². The summed E-state index contributed by atoms with van der Waals surface area (Å²) in [5.74, 6) is -0.217. The summed E-state index contributed by atoms with van der Waals surface area (Å²) in [4.78, 5) is 29.5. The smallest absolute Gasteiger partial charge is 0.349 e. The highest BCUT2D eigenvalue weighted by Gasteiger charge is 2.26. The van der Waals surface area contributed by atoms with Gasteiger partial charge in [-0.15, -0.1) is 11.3 Å². The Labute approximate surface area is 160 Å². The van der Waals surface area contributed by atoms with Crippen LogP contribution in [0.15, 0.2) is 66.3 Å². The minimum absolute atomic E-state index is 0.302. The first-order chi connectivity index (χ1) is 13.2. The monoisotopic (exact) mass is 382 g/mol. The van der Waals surface area contributed by atoms with E-state index in [1.165, 1.54) is 17.5 Å². The van der Waals surface area contributed by atoms with Crippen molar-refractivity contribution in [3.63, 3.8) is 0 Å². The Bertz CT molecular complexity index is 880. The molecule has 0 fully saturated rings. The number of methoxy groups -OCH3 is 1. The van der Waals surface area contributed by atoms with Crippen LogP contribution >= 0.6 is 11.3 Å². The molecule has 0 aliphatic carbocycles. The Kier molecular flexibility index (Phi) is 6.17. The van der Waals surface area contributed by atoms with Gasteiger partial charge < -0.3 is 14.8 Å².